The van der Waals surface area contributed by atoms with Crippen LogP contribution in [0, 0.1) is 6.92 Å². The Kier molecular flexibility index (Phi) is 3.08. The molecule has 0 radical (unpaired) electrons. The van der Waals surface area contributed by atoms with E-state index in [4.69, 9.17) is 0 Å². The quantitative estimate of drug-likeness (QED) is 0.842. The molecule has 0 unspecified atom stereocenters. The van der Waals surface area contributed by atoms with Crippen LogP contribution in [0.25, 0.3) is 0 Å². The Hall–Kier alpha value is -1.53. The minimum absolute atomic E-state index is 0.0786. The van der Waals surface area contributed by atoms with Gasteiger partial charge in [-0.05, 0) is 30.0 Å². The third kappa shape index (κ3) is 2.42. The Morgan fingerprint density at radius 1 is 1.24 bits per heavy atom. The zero-order valence-electron chi connectivity index (χ0n) is 9.04. The summed E-state index contributed by atoms with van der Waals surface area (Å²) in [6.07, 6.45) is 0. The van der Waals surface area contributed by atoms with Gasteiger partial charge >= 0.3 is 0 Å². The average Bonchev–Trinajstić information content (AvgIpc) is 2.77. The van der Waals surface area contributed by atoms with Gasteiger partial charge in [-0.2, -0.15) is 0 Å². The highest BCUT2D eigenvalue weighted by molar-refractivity contribution is 7.94. The summed E-state index contributed by atoms with van der Waals surface area (Å²) in [6, 6.07) is 8.01. The number of aryl methyl sites for hydroxylation is 1. The van der Waals surface area contributed by atoms with Crippen LogP contribution >= 0.6 is 11.3 Å². The van der Waals surface area contributed by atoms with E-state index in [1.807, 2.05) is 0 Å². The second kappa shape index (κ2) is 4.38. The third-order valence-electron chi connectivity index (χ3n) is 2.25. The Morgan fingerprint density at radius 2 is 2.00 bits per heavy atom. The van der Waals surface area contributed by atoms with Gasteiger partial charge in [0.15, 0.2) is 0 Å². The van der Waals surface area contributed by atoms with Gasteiger partial charge in [0.25, 0.3) is 10.0 Å². The van der Waals surface area contributed by atoms with Gasteiger partial charge in [0.2, 0.25) is 0 Å². The SMILES string of the molecule is Cc1cccc(O)c1NS(=O)(=O)c1cccs1. The average molecular weight is 269 g/mol. The number of rotatable bonds is 3. The van der Waals surface area contributed by atoms with Crippen molar-refractivity contribution in [3.63, 3.8) is 0 Å². The molecule has 0 aliphatic heterocycles. The van der Waals surface area contributed by atoms with E-state index >= 15 is 0 Å². The lowest BCUT2D eigenvalue weighted by Gasteiger charge is -2.10. The third-order valence-corrected chi connectivity index (χ3v) is 4.99. The van der Waals surface area contributed by atoms with E-state index in [2.05, 4.69) is 4.72 Å². The van der Waals surface area contributed by atoms with Crippen molar-refractivity contribution in [1.82, 2.24) is 0 Å². The lowest BCUT2D eigenvalue weighted by atomic mass is 10.2. The molecule has 2 aromatic rings. The van der Waals surface area contributed by atoms with Gasteiger partial charge in [-0.1, -0.05) is 18.2 Å². The normalized spacial score (nSPS) is 11.4. The molecule has 2 N–H and O–H groups in total. The van der Waals surface area contributed by atoms with Crippen LogP contribution in [0.2, 0.25) is 0 Å². The van der Waals surface area contributed by atoms with Crippen LogP contribution in [0.5, 0.6) is 5.75 Å². The van der Waals surface area contributed by atoms with E-state index in [-0.39, 0.29) is 15.6 Å². The van der Waals surface area contributed by atoms with Crippen molar-refractivity contribution in [3.05, 3.63) is 41.3 Å². The molecule has 2 rings (SSSR count). The molecule has 1 aromatic heterocycles. The highest BCUT2D eigenvalue weighted by Gasteiger charge is 2.17. The van der Waals surface area contributed by atoms with E-state index in [1.165, 1.54) is 12.1 Å². The molecule has 6 heteroatoms. The maximum absolute atomic E-state index is 12.0. The van der Waals surface area contributed by atoms with Gasteiger partial charge in [0.1, 0.15) is 9.96 Å². The molecule has 0 saturated carbocycles. The number of anilines is 1. The number of nitrogens with one attached hydrogen (secondary N) is 1. The van der Waals surface area contributed by atoms with Gasteiger partial charge in [-0.25, -0.2) is 8.42 Å². The summed E-state index contributed by atoms with van der Waals surface area (Å²) in [5.41, 5.74) is 0.894. The van der Waals surface area contributed by atoms with Gasteiger partial charge in [-0.3, -0.25) is 4.72 Å². The van der Waals surface area contributed by atoms with Crippen molar-refractivity contribution in [3.8, 4) is 5.75 Å². The van der Waals surface area contributed by atoms with E-state index in [9.17, 15) is 13.5 Å². The zero-order valence-corrected chi connectivity index (χ0v) is 10.7. The fraction of sp³-hybridized carbons (Fsp3) is 0.0909. The fourth-order valence-electron chi connectivity index (χ4n) is 1.39. The lowest BCUT2D eigenvalue weighted by molar-refractivity contribution is 0.477. The van der Waals surface area contributed by atoms with Crippen molar-refractivity contribution >= 4 is 27.0 Å². The predicted molar refractivity (Wildman–Crippen MR) is 68.0 cm³/mol. The summed E-state index contributed by atoms with van der Waals surface area (Å²) in [5.74, 6) is -0.0786. The van der Waals surface area contributed by atoms with E-state index < -0.39 is 10.0 Å². The Morgan fingerprint density at radius 3 is 2.59 bits per heavy atom. The molecular weight excluding hydrogens is 258 g/mol. The molecule has 0 bridgehead atoms. The van der Waals surface area contributed by atoms with Crippen molar-refractivity contribution in [2.75, 3.05) is 4.72 Å². The van der Waals surface area contributed by atoms with Crippen molar-refractivity contribution in [1.29, 1.82) is 0 Å². The highest BCUT2D eigenvalue weighted by atomic mass is 32.2. The summed E-state index contributed by atoms with van der Waals surface area (Å²) in [5, 5.41) is 11.3. The molecule has 0 saturated heterocycles. The zero-order chi connectivity index (χ0) is 12.5. The molecule has 4 nitrogen and oxygen atoms in total. The number of sulfonamides is 1. The maximum Gasteiger partial charge on any atom is 0.271 e. The van der Waals surface area contributed by atoms with Crippen LogP contribution in [-0.4, -0.2) is 13.5 Å². The molecule has 1 heterocycles. The summed E-state index contributed by atoms with van der Waals surface area (Å²) >= 11 is 1.13. The predicted octanol–water partition coefficient (Wildman–Crippen LogP) is 2.56. The molecular formula is C11H11NO3S2. The minimum Gasteiger partial charge on any atom is -0.506 e. The van der Waals surface area contributed by atoms with Gasteiger partial charge < -0.3 is 5.11 Å². The number of phenols is 1. The molecule has 0 amide bonds. The summed E-state index contributed by atoms with van der Waals surface area (Å²) in [7, 11) is -3.61. The van der Waals surface area contributed by atoms with Crippen LogP contribution in [0.15, 0.2) is 39.9 Å². The first-order valence-electron chi connectivity index (χ1n) is 4.85. The molecule has 0 fully saturated rings. The first kappa shape index (κ1) is 11.9. The second-order valence-corrected chi connectivity index (χ2v) is 6.36. The van der Waals surface area contributed by atoms with Crippen LogP contribution < -0.4 is 4.72 Å². The van der Waals surface area contributed by atoms with Crippen molar-refractivity contribution in [2.24, 2.45) is 0 Å². The monoisotopic (exact) mass is 269 g/mol. The standard InChI is InChI=1S/C11H11NO3S2/c1-8-4-2-5-9(13)11(8)12-17(14,15)10-6-3-7-16-10/h2-7,12-13H,1H3. The number of para-hydroxylation sites is 1. The lowest BCUT2D eigenvalue weighted by Crippen LogP contribution is -2.12. The smallest absolute Gasteiger partial charge is 0.271 e. The number of aromatic hydroxyl groups is 1. The highest BCUT2D eigenvalue weighted by Crippen LogP contribution is 2.29. The van der Waals surface area contributed by atoms with Gasteiger partial charge in [0, 0.05) is 0 Å². The molecule has 1 aromatic carbocycles. The second-order valence-electron chi connectivity index (χ2n) is 3.51. The molecule has 0 atom stereocenters. The molecule has 0 aliphatic carbocycles. The van der Waals surface area contributed by atoms with Crippen LogP contribution in [0.4, 0.5) is 5.69 Å². The van der Waals surface area contributed by atoms with Crippen LogP contribution in [-0.2, 0) is 10.0 Å². The first-order chi connectivity index (χ1) is 8.00. The largest absolute Gasteiger partial charge is 0.506 e. The van der Waals surface area contributed by atoms with Gasteiger partial charge in [-0.15, -0.1) is 11.3 Å². The number of hydrogen-bond donors (Lipinski definition) is 2. The number of hydrogen-bond acceptors (Lipinski definition) is 4. The van der Waals surface area contributed by atoms with E-state index in [1.54, 1.807) is 30.5 Å². The van der Waals surface area contributed by atoms with E-state index in [0.29, 0.717) is 5.56 Å². The molecule has 90 valence electrons. The molecule has 0 aliphatic rings. The number of thiophene rings is 1. The summed E-state index contributed by atoms with van der Waals surface area (Å²) < 4.78 is 26.5. The van der Waals surface area contributed by atoms with Crippen molar-refractivity contribution in [2.45, 2.75) is 11.1 Å². The number of benzene rings is 1. The minimum atomic E-state index is -3.61. The Bertz CT molecular complexity index is 598. The summed E-state index contributed by atoms with van der Waals surface area (Å²) in [6.45, 7) is 1.73. The Labute approximate surface area is 104 Å². The molecule has 17 heavy (non-hydrogen) atoms. The van der Waals surface area contributed by atoms with Gasteiger partial charge in [0.05, 0.1) is 5.69 Å². The van der Waals surface area contributed by atoms with E-state index in [0.717, 1.165) is 11.3 Å². The fourth-order valence-corrected chi connectivity index (χ4v) is 3.53. The molecule has 0 spiro atoms. The first-order valence-corrected chi connectivity index (χ1v) is 7.22. The summed E-state index contributed by atoms with van der Waals surface area (Å²) in [4.78, 5) is 0. The van der Waals surface area contributed by atoms with Crippen LogP contribution in [0.3, 0.4) is 0 Å². The van der Waals surface area contributed by atoms with Crippen molar-refractivity contribution < 1.29 is 13.5 Å². The maximum atomic E-state index is 12.0. The number of phenolic OH excluding ortho intramolecular Hbond substituents is 1. The van der Waals surface area contributed by atoms with Crippen LogP contribution in [0.1, 0.15) is 5.56 Å². The Balaban J connectivity index is 2.40. The topological polar surface area (TPSA) is 66.4 Å².